The standard InChI is InChI=1S/C14H12N2O/c15-8-13-9-17-14(16-13)12-6-5-10-3-1-2-4-11(10)7-12/h1-7,9H,8,15H2. The van der Waals surface area contributed by atoms with E-state index in [1.165, 1.54) is 10.8 Å². The first kappa shape index (κ1) is 10.1. The van der Waals surface area contributed by atoms with Crippen LogP contribution in [0.25, 0.3) is 22.2 Å². The van der Waals surface area contributed by atoms with E-state index >= 15 is 0 Å². The van der Waals surface area contributed by atoms with Crippen molar-refractivity contribution in [3.63, 3.8) is 0 Å². The number of fused-ring (bicyclic) bond motifs is 1. The monoisotopic (exact) mass is 224 g/mol. The van der Waals surface area contributed by atoms with Crippen LogP contribution in [0.2, 0.25) is 0 Å². The van der Waals surface area contributed by atoms with Gasteiger partial charge in [0.1, 0.15) is 6.26 Å². The molecule has 0 atom stereocenters. The molecule has 3 rings (SSSR count). The van der Waals surface area contributed by atoms with Crippen LogP contribution in [0.15, 0.2) is 53.1 Å². The second kappa shape index (κ2) is 4.03. The lowest BCUT2D eigenvalue weighted by molar-refractivity contribution is 0.572. The lowest BCUT2D eigenvalue weighted by atomic mass is 10.1. The molecule has 0 fully saturated rings. The summed E-state index contributed by atoms with van der Waals surface area (Å²) in [4.78, 5) is 4.31. The summed E-state index contributed by atoms with van der Waals surface area (Å²) in [6.07, 6.45) is 1.60. The number of benzene rings is 2. The lowest BCUT2D eigenvalue weighted by Crippen LogP contribution is -1.95. The van der Waals surface area contributed by atoms with Crippen molar-refractivity contribution in [2.45, 2.75) is 6.54 Å². The highest BCUT2D eigenvalue weighted by atomic mass is 16.3. The molecule has 0 aliphatic rings. The van der Waals surface area contributed by atoms with E-state index in [9.17, 15) is 0 Å². The Morgan fingerprint density at radius 3 is 2.65 bits per heavy atom. The quantitative estimate of drug-likeness (QED) is 0.728. The normalized spacial score (nSPS) is 10.9. The zero-order valence-electron chi connectivity index (χ0n) is 9.26. The van der Waals surface area contributed by atoms with Gasteiger partial charge in [-0.25, -0.2) is 4.98 Å². The molecule has 0 saturated carbocycles. The maximum atomic E-state index is 5.51. The summed E-state index contributed by atoms with van der Waals surface area (Å²) >= 11 is 0. The summed E-state index contributed by atoms with van der Waals surface area (Å²) in [7, 11) is 0. The Bertz CT molecular complexity index is 658. The van der Waals surface area contributed by atoms with Crippen molar-refractivity contribution in [3.05, 3.63) is 54.4 Å². The third-order valence-corrected chi connectivity index (χ3v) is 2.76. The molecule has 1 aromatic heterocycles. The zero-order valence-corrected chi connectivity index (χ0v) is 9.26. The largest absolute Gasteiger partial charge is 0.444 e. The minimum Gasteiger partial charge on any atom is -0.444 e. The van der Waals surface area contributed by atoms with Crippen LogP contribution >= 0.6 is 0 Å². The molecule has 0 spiro atoms. The molecule has 84 valence electrons. The summed E-state index contributed by atoms with van der Waals surface area (Å²) in [6, 6.07) is 14.4. The molecule has 0 aliphatic heterocycles. The Hall–Kier alpha value is -2.13. The summed E-state index contributed by atoms with van der Waals surface area (Å²) in [5.41, 5.74) is 7.26. The Kier molecular flexibility index (Phi) is 2.38. The number of hydrogen-bond donors (Lipinski definition) is 1. The van der Waals surface area contributed by atoms with Crippen LogP contribution in [0.3, 0.4) is 0 Å². The SMILES string of the molecule is NCc1coc(-c2ccc3ccccc3c2)n1. The van der Waals surface area contributed by atoms with Gasteiger partial charge in [0, 0.05) is 12.1 Å². The van der Waals surface area contributed by atoms with Gasteiger partial charge >= 0.3 is 0 Å². The summed E-state index contributed by atoms with van der Waals surface area (Å²) < 4.78 is 5.40. The smallest absolute Gasteiger partial charge is 0.226 e. The third kappa shape index (κ3) is 1.81. The second-order valence-electron chi connectivity index (χ2n) is 3.91. The van der Waals surface area contributed by atoms with Crippen LogP contribution in [0.5, 0.6) is 0 Å². The van der Waals surface area contributed by atoms with Gasteiger partial charge in [-0.3, -0.25) is 0 Å². The number of rotatable bonds is 2. The average molecular weight is 224 g/mol. The van der Waals surface area contributed by atoms with Crippen molar-refractivity contribution in [3.8, 4) is 11.5 Å². The van der Waals surface area contributed by atoms with E-state index in [-0.39, 0.29) is 0 Å². The van der Waals surface area contributed by atoms with Crippen LogP contribution in [-0.2, 0) is 6.54 Å². The third-order valence-electron chi connectivity index (χ3n) is 2.76. The van der Waals surface area contributed by atoms with E-state index in [1.807, 2.05) is 18.2 Å². The maximum absolute atomic E-state index is 5.51. The van der Waals surface area contributed by atoms with E-state index in [1.54, 1.807) is 6.26 Å². The first-order valence-electron chi connectivity index (χ1n) is 5.50. The van der Waals surface area contributed by atoms with Gasteiger partial charge < -0.3 is 10.2 Å². The highest BCUT2D eigenvalue weighted by molar-refractivity contribution is 5.86. The molecule has 3 nitrogen and oxygen atoms in total. The minimum absolute atomic E-state index is 0.400. The molecular formula is C14H12N2O. The molecule has 0 bridgehead atoms. The van der Waals surface area contributed by atoms with Crippen molar-refractivity contribution in [1.29, 1.82) is 0 Å². The van der Waals surface area contributed by atoms with E-state index in [0.717, 1.165) is 11.3 Å². The van der Waals surface area contributed by atoms with Crippen molar-refractivity contribution in [1.82, 2.24) is 4.98 Å². The number of aromatic nitrogens is 1. The van der Waals surface area contributed by atoms with Crippen molar-refractivity contribution < 1.29 is 4.42 Å². The number of hydrogen-bond acceptors (Lipinski definition) is 3. The van der Waals surface area contributed by atoms with E-state index in [0.29, 0.717) is 12.4 Å². The van der Waals surface area contributed by atoms with Crippen molar-refractivity contribution >= 4 is 10.8 Å². The van der Waals surface area contributed by atoms with Crippen molar-refractivity contribution in [2.24, 2.45) is 5.73 Å². The van der Waals surface area contributed by atoms with Gasteiger partial charge in [0.2, 0.25) is 5.89 Å². The highest BCUT2D eigenvalue weighted by Crippen LogP contribution is 2.23. The first-order chi connectivity index (χ1) is 8.36. The molecule has 3 aromatic rings. The molecule has 2 aromatic carbocycles. The maximum Gasteiger partial charge on any atom is 0.226 e. The minimum atomic E-state index is 0.400. The Balaban J connectivity index is 2.11. The number of nitrogens with two attached hydrogens (primary N) is 1. The van der Waals surface area contributed by atoms with Crippen LogP contribution < -0.4 is 5.73 Å². The van der Waals surface area contributed by atoms with Gasteiger partial charge in [-0.15, -0.1) is 0 Å². The molecular weight excluding hydrogens is 212 g/mol. The summed E-state index contributed by atoms with van der Waals surface area (Å²) in [6.45, 7) is 0.400. The van der Waals surface area contributed by atoms with E-state index in [2.05, 4.69) is 29.2 Å². The molecule has 0 radical (unpaired) electrons. The van der Waals surface area contributed by atoms with Crippen LogP contribution in [0.1, 0.15) is 5.69 Å². The number of nitrogens with zero attached hydrogens (tertiary/aromatic N) is 1. The van der Waals surface area contributed by atoms with Gasteiger partial charge in [-0.1, -0.05) is 30.3 Å². The molecule has 0 saturated heterocycles. The fourth-order valence-electron chi connectivity index (χ4n) is 1.86. The molecule has 17 heavy (non-hydrogen) atoms. The molecule has 0 aliphatic carbocycles. The summed E-state index contributed by atoms with van der Waals surface area (Å²) in [5.74, 6) is 0.621. The Morgan fingerprint density at radius 2 is 1.88 bits per heavy atom. The van der Waals surface area contributed by atoms with E-state index < -0.39 is 0 Å². The van der Waals surface area contributed by atoms with Crippen LogP contribution in [0.4, 0.5) is 0 Å². The van der Waals surface area contributed by atoms with Gasteiger partial charge in [-0.05, 0) is 22.9 Å². The highest BCUT2D eigenvalue weighted by Gasteiger charge is 2.06. The molecule has 0 unspecified atom stereocenters. The topological polar surface area (TPSA) is 52.0 Å². The molecule has 1 heterocycles. The van der Waals surface area contributed by atoms with Crippen LogP contribution in [0, 0.1) is 0 Å². The number of oxazole rings is 1. The average Bonchev–Trinajstić information content (AvgIpc) is 2.87. The van der Waals surface area contributed by atoms with Gasteiger partial charge in [0.25, 0.3) is 0 Å². The fraction of sp³-hybridized carbons (Fsp3) is 0.0714. The van der Waals surface area contributed by atoms with Gasteiger partial charge in [0.15, 0.2) is 0 Å². The fourth-order valence-corrected chi connectivity index (χ4v) is 1.86. The molecule has 2 N–H and O–H groups in total. The Labute approximate surface area is 98.9 Å². The predicted molar refractivity (Wildman–Crippen MR) is 67.3 cm³/mol. The molecule has 3 heteroatoms. The molecule has 0 amide bonds. The first-order valence-corrected chi connectivity index (χ1v) is 5.50. The second-order valence-corrected chi connectivity index (χ2v) is 3.91. The van der Waals surface area contributed by atoms with E-state index in [4.69, 9.17) is 10.2 Å². The Morgan fingerprint density at radius 1 is 1.06 bits per heavy atom. The lowest BCUT2D eigenvalue weighted by Gasteiger charge is -1.99. The summed E-state index contributed by atoms with van der Waals surface area (Å²) in [5, 5.41) is 2.39. The van der Waals surface area contributed by atoms with Crippen molar-refractivity contribution in [2.75, 3.05) is 0 Å². The van der Waals surface area contributed by atoms with Gasteiger partial charge in [0.05, 0.1) is 5.69 Å². The van der Waals surface area contributed by atoms with Crippen LogP contribution in [-0.4, -0.2) is 4.98 Å². The zero-order chi connectivity index (χ0) is 11.7. The van der Waals surface area contributed by atoms with Gasteiger partial charge in [-0.2, -0.15) is 0 Å². The predicted octanol–water partition coefficient (Wildman–Crippen LogP) is 2.95.